The Hall–Kier alpha value is -2.60. The van der Waals surface area contributed by atoms with E-state index in [0.717, 1.165) is 53.0 Å². The molecule has 0 aliphatic heterocycles. The quantitative estimate of drug-likeness (QED) is 0.571. The molecule has 1 aromatic heterocycles. The van der Waals surface area contributed by atoms with Crippen LogP contribution < -0.4 is 4.90 Å². The molecule has 1 heterocycles. The minimum atomic E-state index is -0.290. The van der Waals surface area contributed by atoms with Crippen LogP contribution in [-0.4, -0.2) is 35.0 Å². The smallest absolute Gasteiger partial charge is 0.236 e. The first-order chi connectivity index (χ1) is 15.0. The van der Waals surface area contributed by atoms with E-state index in [1.165, 1.54) is 0 Å². The van der Waals surface area contributed by atoms with Gasteiger partial charge in [-0.3, -0.25) is 14.7 Å². The van der Waals surface area contributed by atoms with Gasteiger partial charge in [0.05, 0.1) is 12.5 Å². The number of aromatic nitrogens is 1. The van der Waals surface area contributed by atoms with Crippen molar-refractivity contribution < 1.29 is 9.90 Å². The molecule has 0 spiro atoms. The molecule has 0 saturated heterocycles. The molecule has 1 aromatic carbocycles. The summed E-state index contributed by atoms with van der Waals surface area (Å²) in [6.07, 6.45) is 9.01. The van der Waals surface area contributed by atoms with Gasteiger partial charge in [-0.2, -0.15) is 0 Å². The fraction of sp³-hybridized carbons (Fsp3) is 0.400. The van der Waals surface area contributed by atoms with E-state index in [1.54, 1.807) is 28.9 Å². The van der Waals surface area contributed by atoms with Gasteiger partial charge in [-0.05, 0) is 74.6 Å². The van der Waals surface area contributed by atoms with Gasteiger partial charge in [0.25, 0.3) is 0 Å². The monoisotopic (exact) mass is 437 g/mol. The summed E-state index contributed by atoms with van der Waals surface area (Å²) in [6.45, 7) is 6.45. The van der Waals surface area contributed by atoms with Crippen molar-refractivity contribution in [2.75, 3.05) is 17.7 Å². The van der Waals surface area contributed by atoms with Gasteiger partial charge in [0.15, 0.2) is 0 Å². The lowest BCUT2D eigenvalue weighted by Crippen LogP contribution is -2.38. The second-order valence-corrected chi connectivity index (χ2v) is 8.74. The average molecular weight is 438 g/mol. The minimum Gasteiger partial charge on any atom is -0.508 e. The molecular weight excluding hydrogens is 406 g/mol. The number of rotatable bonds is 7. The van der Waals surface area contributed by atoms with E-state index in [1.807, 2.05) is 50.6 Å². The van der Waals surface area contributed by atoms with E-state index >= 15 is 0 Å². The first kappa shape index (κ1) is 23.1. The van der Waals surface area contributed by atoms with Crippen LogP contribution in [0.1, 0.15) is 55.7 Å². The van der Waals surface area contributed by atoms with Crippen molar-refractivity contribution in [1.29, 1.82) is 0 Å². The maximum absolute atomic E-state index is 13.9. The SMILES string of the molecule is CCC=N/C(C)=C(/CN(C(=O)C1CCCc2c(O)cccc21)c1ccc(C)cn1)SC. The Morgan fingerprint density at radius 2 is 2.16 bits per heavy atom. The zero-order valence-corrected chi connectivity index (χ0v) is 19.6. The number of carbonyl (C=O) groups is 1. The van der Waals surface area contributed by atoms with Gasteiger partial charge in [-0.1, -0.05) is 25.1 Å². The number of phenolic OH excluding ortho intramolecular Hbond substituents is 1. The van der Waals surface area contributed by atoms with Crippen molar-refractivity contribution in [2.45, 2.75) is 52.4 Å². The molecule has 1 aliphatic carbocycles. The lowest BCUT2D eigenvalue weighted by molar-refractivity contribution is -0.120. The Labute approximate surface area is 189 Å². The van der Waals surface area contributed by atoms with Gasteiger partial charge in [-0.25, -0.2) is 4.98 Å². The number of thioether (sulfide) groups is 1. The van der Waals surface area contributed by atoms with Crippen LogP contribution in [-0.2, 0) is 11.2 Å². The highest BCUT2D eigenvalue weighted by atomic mass is 32.2. The Kier molecular flexibility index (Phi) is 7.91. The third-order valence-electron chi connectivity index (χ3n) is 5.64. The molecule has 0 bridgehead atoms. The molecule has 1 atom stereocenters. The van der Waals surface area contributed by atoms with Crippen molar-refractivity contribution in [3.8, 4) is 5.75 Å². The maximum atomic E-state index is 13.9. The summed E-state index contributed by atoms with van der Waals surface area (Å²) < 4.78 is 0. The summed E-state index contributed by atoms with van der Waals surface area (Å²) in [5, 5.41) is 10.3. The molecule has 164 valence electrons. The second kappa shape index (κ2) is 10.6. The number of hydrogen-bond acceptors (Lipinski definition) is 5. The number of amides is 1. The third kappa shape index (κ3) is 5.37. The number of anilines is 1. The number of hydrogen-bond donors (Lipinski definition) is 1. The highest BCUT2D eigenvalue weighted by molar-refractivity contribution is 8.02. The number of phenols is 1. The molecule has 2 aromatic rings. The van der Waals surface area contributed by atoms with Crippen molar-refractivity contribution in [2.24, 2.45) is 4.99 Å². The highest BCUT2D eigenvalue weighted by Crippen LogP contribution is 2.38. The van der Waals surface area contributed by atoms with Gasteiger partial charge in [0, 0.05) is 23.0 Å². The molecule has 1 unspecified atom stereocenters. The lowest BCUT2D eigenvalue weighted by Gasteiger charge is -2.31. The lowest BCUT2D eigenvalue weighted by atomic mass is 9.81. The molecule has 1 amide bonds. The largest absolute Gasteiger partial charge is 0.508 e. The number of fused-ring (bicyclic) bond motifs is 1. The first-order valence-electron chi connectivity index (χ1n) is 10.8. The predicted octanol–water partition coefficient (Wildman–Crippen LogP) is 5.62. The summed E-state index contributed by atoms with van der Waals surface area (Å²) in [7, 11) is 0. The normalized spacial score (nSPS) is 16.7. The number of pyridine rings is 1. The summed E-state index contributed by atoms with van der Waals surface area (Å²) in [6, 6.07) is 9.38. The summed E-state index contributed by atoms with van der Waals surface area (Å²) in [4.78, 5) is 25.8. The Balaban J connectivity index is 2.01. The Bertz CT molecular complexity index is 983. The molecule has 6 heteroatoms. The van der Waals surface area contributed by atoms with Gasteiger partial charge < -0.3 is 5.11 Å². The predicted molar refractivity (Wildman–Crippen MR) is 130 cm³/mol. The fourth-order valence-electron chi connectivity index (χ4n) is 3.94. The number of aliphatic imine (C=N–C) groups is 1. The summed E-state index contributed by atoms with van der Waals surface area (Å²) in [5.74, 6) is 0.648. The van der Waals surface area contributed by atoms with Crippen molar-refractivity contribution in [3.63, 3.8) is 0 Å². The summed E-state index contributed by atoms with van der Waals surface area (Å²) in [5.41, 5.74) is 3.80. The number of aromatic hydroxyl groups is 1. The van der Waals surface area contributed by atoms with Crippen LogP contribution in [0.25, 0.3) is 0 Å². The second-order valence-electron chi connectivity index (χ2n) is 7.84. The Morgan fingerprint density at radius 1 is 1.35 bits per heavy atom. The van der Waals surface area contributed by atoms with E-state index < -0.39 is 0 Å². The van der Waals surface area contributed by atoms with Gasteiger partial charge in [-0.15, -0.1) is 11.8 Å². The van der Waals surface area contributed by atoms with Crippen molar-refractivity contribution in [3.05, 3.63) is 63.8 Å². The van der Waals surface area contributed by atoms with Crippen LogP contribution in [0.4, 0.5) is 5.82 Å². The topological polar surface area (TPSA) is 65.8 Å². The molecule has 0 saturated carbocycles. The van der Waals surface area contributed by atoms with Gasteiger partial charge in [0.1, 0.15) is 11.6 Å². The zero-order valence-electron chi connectivity index (χ0n) is 18.8. The average Bonchev–Trinajstić information content (AvgIpc) is 2.78. The first-order valence-corrected chi connectivity index (χ1v) is 12.0. The van der Waals surface area contributed by atoms with Crippen LogP contribution in [0.15, 0.2) is 52.1 Å². The van der Waals surface area contributed by atoms with Crippen LogP contribution in [0, 0.1) is 6.92 Å². The molecule has 1 aliphatic rings. The molecular formula is C25H31N3O2S. The molecule has 31 heavy (non-hydrogen) atoms. The summed E-state index contributed by atoms with van der Waals surface area (Å²) >= 11 is 1.61. The number of nitrogens with zero attached hydrogens (tertiary/aromatic N) is 3. The number of allylic oxidation sites excluding steroid dienone is 1. The minimum absolute atomic E-state index is 0.0155. The number of aryl methyl sites for hydroxylation is 1. The number of benzene rings is 1. The van der Waals surface area contributed by atoms with E-state index in [-0.39, 0.29) is 17.6 Å². The maximum Gasteiger partial charge on any atom is 0.236 e. The van der Waals surface area contributed by atoms with Crippen LogP contribution >= 0.6 is 11.8 Å². The van der Waals surface area contributed by atoms with E-state index in [2.05, 4.69) is 16.9 Å². The highest BCUT2D eigenvalue weighted by Gasteiger charge is 2.32. The molecule has 0 fully saturated rings. The van der Waals surface area contributed by atoms with Crippen molar-refractivity contribution >= 4 is 29.7 Å². The fourth-order valence-corrected chi connectivity index (χ4v) is 4.54. The molecule has 0 radical (unpaired) electrons. The standard InChI is InChI=1S/C25H31N3O2S/c1-5-14-26-18(3)23(31-4)16-28(24-13-12-17(2)15-27-24)25(30)21-10-6-9-20-19(21)8-7-11-22(20)29/h7-8,11-15,21,29H,5-6,9-10,16H2,1-4H3/b23-18-,26-14?. The van der Waals surface area contributed by atoms with Gasteiger partial charge >= 0.3 is 0 Å². The van der Waals surface area contributed by atoms with Crippen LogP contribution in [0.5, 0.6) is 5.75 Å². The molecule has 1 N–H and O–H groups in total. The Morgan fingerprint density at radius 3 is 2.84 bits per heavy atom. The third-order valence-corrected chi connectivity index (χ3v) is 6.56. The number of carbonyl (C=O) groups excluding carboxylic acids is 1. The van der Waals surface area contributed by atoms with E-state index in [9.17, 15) is 9.90 Å². The van der Waals surface area contributed by atoms with Crippen LogP contribution in [0.3, 0.4) is 0 Å². The van der Waals surface area contributed by atoms with E-state index in [4.69, 9.17) is 0 Å². The van der Waals surface area contributed by atoms with E-state index in [0.29, 0.717) is 12.4 Å². The molecule has 3 rings (SSSR count). The molecule has 5 nitrogen and oxygen atoms in total. The van der Waals surface area contributed by atoms with Crippen molar-refractivity contribution in [1.82, 2.24) is 4.98 Å². The van der Waals surface area contributed by atoms with Crippen LogP contribution in [0.2, 0.25) is 0 Å². The zero-order chi connectivity index (χ0) is 22.4. The van der Waals surface area contributed by atoms with Gasteiger partial charge in [0.2, 0.25) is 5.91 Å².